The molecule has 0 unspecified atom stereocenters. The van der Waals surface area contributed by atoms with Crippen LogP contribution in [0.5, 0.6) is 0 Å². The molecule has 0 saturated heterocycles. The second kappa shape index (κ2) is 8.32. The topological polar surface area (TPSA) is 84.5 Å². The minimum atomic E-state index is -0.497. The molecule has 0 aromatic carbocycles. The summed E-state index contributed by atoms with van der Waals surface area (Å²) in [6, 6.07) is 5.63. The number of nitrogens with zero attached hydrogens (tertiary/aromatic N) is 2. The smallest absolute Gasteiger partial charge is 0.355 e. The van der Waals surface area contributed by atoms with Gasteiger partial charge in [0.1, 0.15) is 17.1 Å². The van der Waals surface area contributed by atoms with E-state index in [0.29, 0.717) is 23.5 Å². The summed E-state index contributed by atoms with van der Waals surface area (Å²) in [7, 11) is 1.82. The third-order valence-electron chi connectivity index (χ3n) is 3.70. The fourth-order valence-corrected chi connectivity index (χ4v) is 2.54. The molecule has 0 amide bonds. The van der Waals surface area contributed by atoms with Gasteiger partial charge >= 0.3 is 11.9 Å². The normalized spacial score (nSPS) is 10.4. The van der Waals surface area contributed by atoms with Gasteiger partial charge in [-0.25, -0.2) is 9.59 Å². The van der Waals surface area contributed by atoms with Crippen LogP contribution in [0.1, 0.15) is 46.0 Å². The summed E-state index contributed by atoms with van der Waals surface area (Å²) in [5, 5.41) is 0. The van der Waals surface area contributed by atoms with Crippen LogP contribution in [0.3, 0.4) is 0 Å². The predicted molar refractivity (Wildman–Crippen MR) is 93.8 cm³/mol. The van der Waals surface area contributed by atoms with Gasteiger partial charge in [-0.15, -0.1) is 0 Å². The van der Waals surface area contributed by atoms with Gasteiger partial charge in [0.15, 0.2) is 0 Å². The van der Waals surface area contributed by atoms with Crippen LogP contribution in [-0.4, -0.2) is 42.2 Å². The number of hydrogen-bond donors (Lipinski definition) is 1. The molecule has 25 heavy (non-hydrogen) atoms. The van der Waals surface area contributed by atoms with Crippen molar-refractivity contribution in [2.24, 2.45) is 0 Å². The number of carbonyl (C=O) groups is 2. The first-order valence-corrected chi connectivity index (χ1v) is 8.17. The van der Waals surface area contributed by atoms with Crippen molar-refractivity contribution in [1.29, 1.82) is 0 Å². The Balaban J connectivity index is 2.41. The van der Waals surface area contributed by atoms with E-state index in [1.165, 1.54) is 0 Å². The van der Waals surface area contributed by atoms with Gasteiger partial charge in [-0.2, -0.15) is 0 Å². The van der Waals surface area contributed by atoms with Gasteiger partial charge in [0, 0.05) is 13.2 Å². The molecule has 0 spiro atoms. The summed E-state index contributed by atoms with van der Waals surface area (Å²) < 4.78 is 10.2. The largest absolute Gasteiger partial charge is 0.462 e. The lowest BCUT2D eigenvalue weighted by Crippen LogP contribution is -2.21. The zero-order valence-corrected chi connectivity index (χ0v) is 15.0. The molecule has 2 heterocycles. The number of aromatic amines is 1. The van der Waals surface area contributed by atoms with E-state index in [1.54, 1.807) is 27.0 Å². The minimum absolute atomic E-state index is 0.252. The molecule has 7 heteroatoms. The van der Waals surface area contributed by atoms with Crippen LogP contribution in [0.15, 0.2) is 24.4 Å². The van der Waals surface area contributed by atoms with Crippen molar-refractivity contribution >= 4 is 17.8 Å². The Labute approximate surface area is 147 Å². The third-order valence-corrected chi connectivity index (χ3v) is 3.70. The van der Waals surface area contributed by atoms with Gasteiger partial charge in [-0.3, -0.25) is 4.98 Å². The molecule has 134 valence electrons. The van der Waals surface area contributed by atoms with Crippen LogP contribution in [0.4, 0.5) is 5.82 Å². The monoisotopic (exact) mass is 345 g/mol. The molecule has 0 bridgehead atoms. The van der Waals surface area contributed by atoms with Gasteiger partial charge < -0.3 is 19.4 Å². The number of nitrogens with one attached hydrogen (secondary N) is 1. The molecular weight excluding hydrogens is 322 g/mol. The Morgan fingerprint density at radius 1 is 1.16 bits per heavy atom. The highest BCUT2D eigenvalue weighted by molar-refractivity contribution is 6.02. The highest BCUT2D eigenvalue weighted by atomic mass is 16.5. The van der Waals surface area contributed by atoms with E-state index < -0.39 is 11.9 Å². The van der Waals surface area contributed by atoms with Crippen LogP contribution in [-0.2, 0) is 16.0 Å². The van der Waals surface area contributed by atoms with Gasteiger partial charge in [0.25, 0.3) is 0 Å². The molecule has 0 aliphatic carbocycles. The summed E-state index contributed by atoms with van der Waals surface area (Å²) in [6.45, 7) is 6.15. The number of anilines is 1. The molecule has 0 aliphatic rings. The fourth-order valence-electron chi connectivity index (χ4n) is 2.54. The van der Waals surface area contributed by atoms with Crippen LogP contribution in [0.25, 0.3) is 0 Å². The molecule has 2 rings (SSSR count). The second-order valence-corrected chi connectivity index (χ2v) is 5.47. The standard InChI is InChI=1S/C18H23N3O4/c1-5-24-17(22)14-12(3)15(18(23)25-6-2)20-16(14)21(4)11-13-9-7-8-10-19-13/h7-10,20H,5-6,11H2,1-4H3. The molecule has 0 saturated carbocycles. The van der Waals surface area contributed by atoms with Crippen molar-refractivity contribution < 1.29 is 19.1 Å². The molecular formula is C18H23N3O4. The van der Waals surface area contributed by atoms with Crippen molar-refractivity contribution in [1.82, 2.24) is 9.97 Å². The average molecular weight is 345 g/mol. The lowest BCUT2D eigenvalue weighted by Gasteiger charge is -2.18. The van der Waals surface area contributed by atoms with Gasteiger partial charge in [-0.05, 0) is 38.5 Å². The molecule has 0 atom stereocenters. The molecule has 1 N–H and O–H groups in total. The van der Waals surface area contributed by atoms with Crippen LogP contribution in [0, 0.1) is 6.92 Å². The summed E-state index contributed by atoms with van der Waals surface area (Å²) >= 11 is 0. The van der Waals surface area contributed by atoms with E-state index in [2.05, 4.69) is 9.97 Å². The molecule has 7 nitrogen and oxygen atoms in total. The van der Waals surface area contributed by atoms with Crippen molar-refractivity contribution in [3.8, 4) is 0 Å². The first-order chi connectivity index (χ1) is 12.0. The Morgan fingerprint density at radius 2 is 1.84 bits per heavy atom. The van der Waals surface area contributed by atoms with Gasteiger partial charge in [0.05, 0.1) is 25.5 Å². The minimum Gasteiger partial charge on any atom is -0.462 e. The highest BCUT2D eigenvalue weighted by Gasteiger charge is 2.27. The maximum atomic E-state index is 12.4. The Bertz CT molecular complexity index is 740. The van der Waals surface area contributed by atoms with E-state index in [9.17, 15) is 9.59 Å². The second-order valence-electron chi connectivity index (χ2n) is 5.47. The number of esters is 2. The SMILES string of the molecule is CCOC(=O)c1[nH]c(N(C)Cc2ccccn2)c(C(=O)OCC)c1C. The Kier molecular flexibility index (Phi) is 6.16. The van der Waals surface area contributed by atoms with Crippen LogP contribution >= 0.6 is 0 Å². The van der Waals surface area contributed by atoms with Gasteiger partial charge in [0.2, 0.25) is 0 Å². The third kappa shape index (κ3) is 4.17. The molecule has 2 aromatic rings. The maximum Gasteiger partial charge on any atom is 0.355 e. The maximum absolute atomic E-state index is 12.4. The van der Waals surface area contributed by atoms with E-state index in [4.69, 9.17) is 9.47 Å². The number of hydrogen-bond acceptors (Lipinski definition) is 6. The molecule has 0 fully saturated rings. The zero-order chi connectivity index (χ0) is 18.4. The number of ether oxygens (including phenoxy) is 2. The number of H-pyrrole nitrogens is 1. The molecule has 0 radical (unpaired) electrons. The van der Waals surface area contributed by atoms with E-state index in [1.807, 2.05) is 30.1 Å². The van der Waals surface area contributed by atoms with Crippen molar-refractivity contribution in [2.45, 2.75) is 27.3 Å². The van der Waals surface area contributed by atoms with E-state index >= 15 is 0 Å². The Morgan fingerprint density at radius 3 is 2.44 bits per heavy atom. The number of pyridine rings is 1. The molecule has 0 aliphatic heterocycles. The summed E-state index contributed by atoms with van der Waals surface area (Å²) in [5.74, 6) is -0.470. The number of rotatable bonds is 7. The van der Waals surface area contributed by atoms with E-state index in [-0.39, 0.29) is 18.9 Å². The van der Waals surface area contributed by atoms with Gasteiger partial charge in [-0.1, -0.05) is 6.07 Å². The summed E-state index contributed by atoms with van der Waals surface area (Å²) in [6.07, 6.45) is 1.71. The molecule has 2 aromatic heterocycles. The lowest BCUT2D eigenvalue weighted by atomic mass is 10.1. The highest BCUT2D eigenvalue weighted by Crippen LogP contribution is 2.28. The van der Waals surface area contributed by atoms with Crippen LogP contribution in [0.2, 0.25) is 0 Å². The average Bonchev–Trinajstić information content (AvgIpc) is 2.94. The van der Waals surface area contributed by atoms with Crippen LogP contribution < -0.4 is 4.90 Å². The number of aromatic nitrogens is 2. The predicted octanol–water partition coefficient (Wildman–Crippen LogP) is 2.71. The van der Waals surface area contributed by atoms with E-state index in [0.717, 1.165) is 5.69 Å². The Hall–Kier alpha value is -2.83. The number of carbonyl (C=O) groups excluding carboxylic acids is 2. The quantitative estimate of drug-likeness (QED) is 0.777. The van der Waals surface area contributed by atoms with Crippen molar-refractivity contribution in [2.75, 3.05) is 25.2 Å². The fraction of sp³-hybridized carbons (Fsp3) is 0.389. The van der Waals surface area contributed by atoms with Crippen molar-refractivity contribution in [3.63, 3.8) is 0 Å². The van der Waals surface area contributed by atoms with Crippen molar-refractivity contribution in [3.05, 3.63) is 46.9 Å². The summed E-state index contributed by atoms with van der Waals surface area (Å²) in [4.78, 5) is 33.7. The first-order valence-electron chi connectivity index (χ1n) is 8.17. The summed E-state index contributed by atoms with van der Waals surface area (Å²) in [5.41, 5.74) is 1.95. The zero-order valence-electron chi connectivity index (χ0n) is 15.0. The lowest BCUT2D eigenvalue weighted by molar-refractivity contribution is 0.0518. The first kappa shape index (κ1) is 18.5.